The van der Waals surface area contributed by atoms with Crippen LogP contribution in [0, 0.1) is 6.92 Å². The van der Waals surface area contributed by atoms with E-state index >= 15 is 0 Å². The summed E-state index contributed by atoms with van der Waals surface area (Å²) in [5.41, 5.74) is 8.51. The molecule has 1 fully saturated rings. The van der Waals surface area contributed by atoms with Gasteiger partial charge in [0.2, 0.25) is 0 Å². The monoisotopic (exact) mass is 251 g/mol. The fourth-order valence-corrected chi connectivity index (χ4v) is 4.22. The summed E-state index contributed by atoms with van der Waals surface area (Å²) in [6.45, 7) is 2.06. The highest BCUT2D eigenvalue weighted by Crippen LogP contribution is 2.25. The van der Waals surface area contributed by atoms with E-state index in [4.69, 9.17) is 5.73 Å². The molecule has 0 saturated heterocycles. The van der Waals surface area contributed by atoms with Crippen molar-refractivity contribution in [1.82, 2.24) is 0 Å². The number of rotatable bonds is 4. The van der Waals surface area contributed by atoms with Gasteiger partial charge in [0.05, 0.1) is 0 Å². The molecule has 94 valence electrons. The van der Waals surface area contributed by atoms with Crippen LogP contribution in [0.4, 0.5) is 0 Å². The number of hydrogen-bond donors (Lipinski definition) is 1. The van der Waals surface area contributed by atoms with Gasteiger partial charge in [0, 0.05) is 27.8 Å². The van der Waals surface area contributed by atoms with E-state index in [1.54, 1.807) is 0 Å². The molecule has 17 heavy (non-hydrogen) atoms. The predicted octanol–water partition coefficient (Wildman–Crippen LogP) is 2.69. The number of nitrogens with two attached hydrogens (primary N) is 1. The Morgan fingerprint density at radius 3 is 2.65 bits per heavy atom. The normalized spacial score (nSPS) is 20.4. The second kappa shape index (κ2) is 5.78. The number of hydrogen-bond acceptors (Lipinski definition) is 2. The van der Waals surface area contributed by atoms with Crippen molar-refractivity contribution in [3.63, 3.8) is 0 Å². The van der Waals surface area contributed by atoms with Crippen LogP contribution in [0.5, 0.6) is 0 Å². The van der Waals surface area contributed by atoms with Gasteiger partial charge in [0.25, 0.3) is 0 Å². The summed E-state index contributed by atoms with van der Waals surface area (Å²) in [4.78, 5) is 0. The van der Waals surface area contributed by atoms with E-state index in [1.807, 2.05) is 18.2 Å². The van der Waals surface area contributed by atoms with Crippen LogP contribution in [-0.2, 0) is 10.8 Å². The zero-order chi connectivity index (χ0) is 12.3. The average molecular weight is 251 g/mol. The van der Waals surface area contributed by atoms with Crippen molar-refractivity contribution >= 4 is 10.8 Å². The summed E-state index contributed by atoms with van der Waals surface area (Å²) in [7, 11) is -0.759. The van der Waals surface area contributed by atoms with Crippen molar-refractivity contribution in [1.29, 1.82) is 0 Å². The van der Waals surface area contributed by atoms with Crippen LogP contribution in [-0.4, -0.2) is 15.2 Å². The van der Waals surface area contributed by atoms with Crippen molar-refractivity contribution in [2.75, 3.05) is 5.75 Å². The third-order valence-corrected chi connectivity index (χ3v) is 5.51. The molecule has 0 radical (unpaired) electrons. The average Bonchev–Trinajstić information content (AvgIpc) is 2.82. The van der Waals surface area contributed by atoms with Crippen LogP contribution in [0.15, 0.2) is 24.3 Å². The van der Waals surface area contributed by atoms with Crippen molar-refractivity contribution in [3.8, 4) is 0 Å². The molecule has 0 aromatic heterocycles. The maximum atomic E-state index is 12.2. The van der Waals surface area contributed by atoms with Gasteiger partial charge in [-0.15, -0.1) is 0 Å². The van der Waals surface area contributed by atoms with E-state index in [0.717, 1.165) is 18.4 Å². The lowest BCUT2D eigenvalue weighted by atomic mass is 10.0. The molecule has 3 heteroatoms. The minimum absolute atomic E-state index is 0.0855. The Balaban J connectivity index is 1.99. The molecule has 1 aromatic rings. The van der Waals surface area contributed by atoms with Crippen molar-refractivity contribution in [2.45, 2.75) is 43.9 Å². The largest absolute Gasteiger partial charge is 0.323 e. The topological polar surface area (TPSA) is 43.1 Å². The van der Waals surface area contributed by atoms with E-state index in [1.165, 1.54) is 18.4 Å². The minimum atomic E-state index is -0.759. The minimum Gasteiger partial charge on any atom is -0.323 e. The smallest absolute Gasteiger partial charge is 0.0431 e. The zero-order valence-corrected chi connectivity index (χ0v) is 11.2. The second-order valence-electron chi connectivity index (χ2n) is 4.92. The maximum absolute atomic E-state index is 12.2. The van der Waals surface area contributed by atoms with Gasteiger partial charge in [-0.25, -0.2) is 0 Å². The quantitative estimate of drug-likeness (QED) is 0.894. The van der Waals surface area contributed by atoms with Crippen LogP contribution in [0.25, 0.3) is 0 Å². The van der Waals surface area contributed by atoms with E-state index in [2.05, 4.69) is 13.0 Å². The van der Waals surface area contributed by atoms with Crippen LogP contribution in [0.2, 0.25) is 0 Å². The number of aryl methyl sites for hydroxylation is 1. The Hall–Kier alpha value is -0.670. The van der Waals surface area contributed by atoms with Gasteiger partial charge < -0.3 is 5.73 Å². The van der Waals surface area contributed by atoms with Gasteiger partial charge in [0.15, 0.2) is 0 Å². The third-order valence-electron chi connectivity index (χ3n) is 3.61. The summed E-state index contributed by atoms with van der Waals surface area (Å²) in [6.07, 6.45) is 4.70. The maximum Gasteiger partial charge on any atom is 0.0431 e. The molecule has 1 saturated carbocycles. The molecule has 0 aliphatic heterocycles. The van der Waals surface area contributed by atoms with E-state index < -0.39 is 10.8 Å². The summed E-state index contributed by atoms with van der Waals surface area (Å²) in [5, 5.41) is 0.394. The highest BCUT2D eigenvalue weighted by Gasteiger charge is 2.23. The molecular formula is C14H21NOS. The summed E-state index contributed by atoms with van der Waals surface area (Å²) < 4.78 is 12.2. The molecule has 2 atom stereocenters. The fourth-order valence-electron chi connectivity index (χ4n) is 2.56. The first kappa shape index (κ1) is 12.8. The molecular weight excluding hydrogens is 230 g/mol. The van der Waals surface area contributed by atoms with Crippen LogP contribution < -0.4 is 5.73 Å². The van der Waals surface area contributed by atoms with Gasteiger partial charge in [-0.2, -0.15) is 0 Å². The first-order valence-corrected chi connectivity index (χ1v) is 7.75. The van der Waals surface area contributed by atoms with Gasteiger partial charge in [-0.3, -0.25) is 4.21 Å². The Kier molecular flexibility index (Phi) is 4.35. The zero-order valence-electron chi connectivity index (χ0n) is 10.4. The van der Waals surface area contributed by atoms with E-state index in [0.29, 0.717) is 11.0 Å². The summed E-state index contributed by atoms with van der Waals surface area (Å²) in [6, 6.07) is 8.04. The third kappa shape index (κ3) is 3.17. The first-order chi connectivity index (χ1) is 8.18. The molecule has 0 bridgehead atoms. The molecule has 0 spiro atoms. The second-order valence-corrected chi connectivity index (χ2v) is 6.68. The first-order valence-electron chi connectivity index (χ1n) is 6.37. The summed E-state index contributed by atoms with van der Waals surface area (Å²) >= 11 is 0. The fraction of sp³-hybridized carbons (Fsp3) is 0.571. The Morgan fingerprint density at radius 1 is 1.35 bits per heavy atom. The Morgan fingerprint density at radius 2 is 2.00 bits per heavy atom. The van der Waals surface area contributed by atoms with Crippen LogP contribution in [0.3, 0.4) is 0 Å². The van der Waals surface area contributed by atoms with Crippen molar-refractivity contribution < 1.29 is 4.21 Å². The SMILES string of the molecule is Cc1ccccc1C(N)CS(=O)C1CCCC1. The highest BCUT2D eigenvalue weighted by molar-refractivity contribution is 7.85. The lowest BCUT2D eigenvalue weighted by molar-refractivity contribution is 0.660. The Labute approximate surface area is 106 Å². The molecule has 1 aliphatic carbocycles. The molecule has 1 aliphatic rings. The van der Waals surface area contributed by atoms with Gasteiger partial charge in [0.1, 0.15) is 0 Å². The molecule has 2 rings (SSSR count). The molecule has 2 N–H and O–H groups in total. The standard InChI is InChI=1S/C14H21NOS/c1-11-6-2-5-9-13(11)14(15)10-17(16)12-7-3-4-8-12/h2,5-6,9,12,14H,3-4,7-8,10,15H2,1H3. The Bertz CT molecular complexity index is 399. The lowest BCUT2D eigenvalue weighted by Gasteiger charge is -2.16. The summed E-state index contributed by atoms with van der Waals surface area (Å²) in [5.74, 6) is 0.607. The molecule has 0 amide bonds. The van der Waals surface area contributed by atoms with Crippen molar-refractivity contribution in [3.05, 3.63) is 35.4 Å². The molecule has 2 nitrogen and oxygen atoms in total. The van der Waals surface area contributed by atoms with Gasteiger partial charge in [-0.1, -0.05) is 37.1 Å². The van der Waals surface area contributed by atoms with Crippen molar-refractivity contribution in [2.24, 2.45) is 5.73 Å². The van der Waals surface area contributed by atoms with Gasteiger partial charge in [-0.05, 0) is 30.9 Å². The van der Waals surface area contributed by atoms with Crippen LogP contribution in [0.1, 0.15) is 42.9 Å². The predicted molar refractivity (Wildman–Crippen MR) is 73.4 cm³/mol. The lowest BCUT2D eigenvalue weighted by Crippen LogP contribution is -2.24. The molecule has 1 aromatic carbocycles. The number of benzene rings is 1. The van der Waals surface area contributed by atoms with E-state index in [9.17, 15) is 4.21 Å². The van der Waals surface area contributed by atoms with Crippen LogP contribution >= 0.6 is 0 Å². The highest BCUT2D eigenvalue weighted by atomic mass is 32.2. The van der Waals surface area contributed by atoms with Gasteiger partial charge >= 0.3 is 0 Å². The van der Waals surface area contributed by atoms with E-state index in [-0.39, 0.29) is 6.04 Å². The molecule has 2 unspecified atom stereocenters. The molecule has 0 heterocycles.